The summed E-state index contributed by atoms with van der Waals surface area (Å²) >= 11 is 0. The fourth-order valence-electron chi connectivity index (χ4n) is 0.954. The Morgan fingerprint density at radius 1 is 1.21 bits per heavy atom. The normalized spacial score (nSPS) is 11.8. The van der Waals surface area contributed by atoms with Crippen molar-refractivity contribution >= 4 is 0 Å². The summed E-state index contributed by atoms with van der Waals surface area (Å²) in [6.45, 7) is 5.69. The highest BCUT2D eigenvalue weighted by atomic mass is 19.2. The van der Waals surface area contributed by atoms with Gasteiger partial charge in [0.25, 0.3) is 0 Å². The topological polar surface area (TPSA) is 9.23 Å². The van der Waals surface area contributed by atoms with Gasteiger partial charge in [0.05, 0.1) is 12.2 Å². The van der Waals surface area contributed by atoms with Gasteiger partial charge in [-0.25, -0.2) is 8.78 Å². The van der Waals surface area contributed by atoms with Gasteiger partial charge in [-0.05, 0) is 26.8 Å². The van der Waals surface area contributed by atoms with Gasteiger partial charge in [0.15, 0.2) is 11.6 Å². The third kappa shape index (κ3) is 3.07. The van der Waals surface area contributed by atoms with Crippen molar-refractivity contribution in [2.24, 2.45) is 0 Å². The highest BCUT2D eigenvalue weighted by Crippen LogP contribution is 2.16. The van der Waals surface area contributed by atoms with E-state index in [0.717, 1.165) is 6.07 Å². The second kappa shape index (κ2) is 4.05. The first-order chi connectivity index (χ1) is 6.40. The Balaban J connectivity index is 2.73. The molecule has 1 nitrogen and oxygen atoms in total. The van der Waals surface area contributed by atoms with Crippen molar-refractivity contribution in [3.05, 3.63) is 35.4 Å². The van der Waals surface area contributed by atoms with Crippen LogP contribution in [0.5, 0.6) is 0 Å². The van der Waals surface area contributed by atoms with Crippen molar-refractivity contribution in [1.82, 2.24) is 0 Å². The second-order valence-electron chi connectivity index (χ2n) is 4.11. The lowest BCUT2D eigenvalue weighted by atomic mass is 10.1. The zero-order valence-electron chi connectivity index (χ0n) is 8.60. The van der Waals surface area contributed by atoms with Gasteiger partial charge in [-0.15, -0.1) is 0 Å². The summed E-state index contributed by atoms with van der Waals surface area (Å²) in [5, 5.41) is 0. The molecule has 0 N–H and O–H groups in total. The summed E-state index contributed by atoms with van der Waals surface area (Å²) in [6.07, 6.45) is 0. The van der Waals surface area contributed by atoms with E-state index in [1.165, 1.54) is 12.1 Å². The van der Waals surface area contributed by atoms with Crippen LogP contribution in [-0.2, 0) is 11.3 Å². The molecule has 1 aromatic carbocycles. The molecule has 14 heavy (non-hydrogen) atoms. The van der Waals surface area contributed by atoms with Gasteiger partial charge in [-0.3, -0.25) is 0 Å². The van der Waals surface area contributed by atoms with Crippen molar-refractivity contribution in [1.29, 1.82) is 0 Å². The van der Waals surface area contributed by atoms with Crippen LogP contribution in [0.15, 0.2) is 18.2 Å². The zero-order valence-corrected chi connectivity index (χ0v) is 8.60. The summed E-state index contributed by atoms with van der Waals surface area (Å²) in [4.78, 5) is 0. The maximum atomic E-state index is 13.1. The molecule has 0 saturated carbocycles. The van der Waals surface area contributed by atoms with Crippen LogP contribution in [0.4, 0.5) is 8.78 Å². The Morgan fingerprint density at radius 2 is 1.86 bits per heavy atom. The Kier molecular flexibility index (Phi) is 3.21. The third-order valence-electron chi connectivity index (χ3n) is 1.69. The number of benzene rings is 1. The van der Waals surface area contributed by atoms with E-state index in [-0.39, 0.29) is 17.8 Å². The lowest BCUT2D eigenvalue weighted by Gasteiger charge is -2.19. The minimum atomic E-state index is -0.833. The van der Waals surface area contributed by atoms with Gasteiger partial charge in [0.1, 0.15) is 0 Å². The molecule has 1 rings (SSSR count). The van der Waals surface area contributed by atoms with E-state index in [1.54, 1.807) is 0 Å². The number of rotatable bonds is 2. The molecule has 0 aliphatic heterocycles. The average Bonchev–Trinajstić information content (AvgIpc) is 2.06. The maximum absolute atomic E-state index is 13.1. The van der Waals surface area contributed by atoms with Crippen LogP contribution in [0, 0.1) is 11.6 Å². The van der Waals surface area contributed by atoms with Crippen molar-refractivity contribution < 1.29 is 13.5 Å². The van der Waals surface area contributed by atoms with E-state index >= 15 is 0 Å². The van der Waals surface area contributed by atoms with E-state index in [9.17, 15) is 8.78 Å². The molecule has 0 radical (unpaired) electrons. The second-order valence-corrected chi connectivity index (χ2v) is 4.11. The monoisotopic (exact) mass is 200 g/mol. The predicted molar refractivity (Wildman–Crippen MR) is 50.9 cm³/mol. The third-order valence-corrected chi connectivity index (χ3v) is 1.69. The predicted octanol–water partition coefficient (Wildman–Crippen LogP) is 3.28. The van der Waals surface area contributed by atoms with E-state index in [2.05, 4.69) is 0 Å². The van der Waals surface area contributed by atoms with E-state index in [0.29, 0.717) is 0 Å². The summed E-state index contributed by atoms with van der Waals surface area (Å²) < 4.78 is 31.2. The van der Waals surface area contributed by atoms with Crippen LogP contribution in [0.25, 0.3) is 0 Å². The number of halogens is 2. The van der Waals surface area contributed by atoms with Crippen LogP contribution in [0.1, 0.15) is 26.3 Å². The molecule has 0 atom stereocenters. The molecule has 0 fully saturated rings. The van der Waals surface area contributed by atoms with Gasteiger partial charge in [-0.2, -0.15) is 0 Å². The molecule has 0 amide bonds. The van der Waals surface area contributed by atoms with Crippen LogP contribution in [-0.4, -0.2) is 5.60 Å². The van der Waals surface area contributed by atoms with E-state index < -0.39 is 11.6 Å². The lowest BCUT2D eigenvalue weighted by Crippen LogP contribution is -2.19. The summed E-state index contributed by atoms with van der Waals surface area (Å²) in [5.41, 5.74) is -0.0985. The molecule has 0 aliphatic carbocycles. The van der Waals surface area contributed by atoms with Crippen molar-refractivity contribution in [2.45, 2.75) is 33.0 Å². The number of ether oxygens (including phenoxy) is 1. The molecule has 1 aromatic rings. The minimum Gasteiger partial charge on any atom is -0.371 e. The van der Waals surface area contributed by atoms with Gasteiger partial charge in [0, 0.05) is 5.56 Å². The molecule has 0 aliphatic rings. The van der Waals surface area contributed by atoms with Crippen molar-refractivity contribution in [3.8, 4) is 0 Å². The van der Waals surface area contributed by atoms with E-state index in [4.69, 9.17) is 4.74 Å². The Hall–Kier alpha value is -0.960. The average molecular weight is 200 g/mol. The Bertz CT molecular complexity index is 316. The van der Waals surface area contributed by atoms with E-state index in [1.807, 2.05) is 20.8 Å². The molecule has 0 saturated heterocycles. The molecule has 0 bridgehead atoms. The Morgan fingerprint density at radius 3 is 2.43 bits per heavy atom. The smallest absolute Gasteiger partial charge is 0.164 e. The first-order valence-electron chi connectivity index (χ1n) is 4.47. The number of hydrogen-bond acceptors (Lipinski definition) is 1. The zero-order chi connectivity index (χ0) is 10.8. The molecule has 0 spiro atoms. The minimum absolute atomic E-state index is 0.0904. The SMILES string of the molecule is CC(C)(C)OCc1cccc(F)c1F. The molecular weight excluding hydrogens is 186 g/mol. The molecule has 3 heteroatoms. The summed E-state index contributed by atoms with van der Waals surface area (Å²) in [6, 6.07) is 4.08. The quantitative estimate of drug-likeness (QED) is 0.711. The Labute approximate surface area is 82.7 Å². The first kappa shape index (κ1) is 11.1. The standard InChI is InChI=1S/C11H14F2O/c1-11(2,3)14-7-8-5-4-6-9(12)10(8)13/h4-6H,7H2,1-3H3. The van der Waals surface area contributed by atoms with Gasteiger partial charge in [-0.1, -0.05) is 12.1 Å². The summed E-state index contributed by atoms with van der Waals surface area (Å²) in [7, 11) is 0. The van der Waals surface area contributed by atoms with Crippen LogP contribution in [0.2, 0.25) is 0 Å². The van der Waals surface area contributed by atoms with Gasteiger partial charge < -0.3 is 4.74 Å². The van der Waals surface area contributed by atoms with Crippen LogP contribution in [0.3, 0.4) is 0 Å². The number of hydrogen-bond donors (Lipinski definition) is 0. The van der Waals surface area contributed by atoms with Crippen molar-refractivity contribution in [2.75, 3.05) is 0 Å². The lowest BCUT2D eigenvalue weighted by molar-refractivity contribution is -0.0163. The fraction of sp³-hybridized carbons (Fsp3) is 0.455. The van der Waals surface area contributed by atoms with Crippen molar-refractivity contribution in [3.63, 3.8) is 0 Å². The molecule has 0 heterocycles. The molecule has 0 aromatic heterocycles. The molecule has 0 unspecified atom stereocenters. The van der Waals surface area contributed by atoms with Gasteiger partial charge >= 0.3 is 0 Å². The highest BCUT2D eigenvalue weighted by molar-refractivity contribution is 5.18. The summed E-state index contributed by atoms with van der Waals surface area (Å²) in [5.74, 6) is -1.66. The fourth-order valence-corrected chi connectivity index (χ4v) is 0.954. The molecular formula is C11H14F2O. The first-order valence-corrected chi connectivity index (χ1v) is 4.47. The van der Waals surface area contributed by atoms with Crippen LogP contribution < -0.4 is 0 Å². The maximum Gasteiger partial charge on any atom is 0.164 e. The van der Waals surface area contributed by atoms with Gasteiger partial charge in [0.2, 0.25) is 0 Å². The largest absolute Gasteiger partial charge is 0.371 e. The van der Waals surface area contributed by atoms with Crippen LogP contribution >= 0.6 is 0 Å². The molecule has 78 valence electrons. The highest BCUT2D eigenvalue weighted by Gasteiger charge is 2.13.